The molecule has 1 fully saturated rings. The number of benzene rings is 1. The smallest absolute Gasteiger partial charge is 0.0168 e. The van der Waals surface area contributed by atoms with Crippen LogP contribution in [-0.4, -0.2) is 30.6 Å². The summed E-state index contributed by atoms with van der Waals surface area (Å²) in [6.07, 6.45) is 2.44. The summed E-state index contributed by atoms with van der Waals surface area (Å²) in [7, 11) is 0. The Morgan fingerprint density at radius 2 is 2.12 bits per heavy atom. The Morgan fingerprint density at radius 3 is 2.81 bits per heavy atom. The van der Waals surface area contributed by atoms with Gasteiger partial charge in [-0.2, -0.15) is 0 Å². The Balaban J connectivity index is 1.89. The van der Waals surface area contributed by atoms with Crippen LogP contribution in [0.25, 0.3) is 0 Å². The number of nitrogens with two attached hydrogens (primary N) is 1. The lowest BCUT2D eigenvalue weighted by Gasteiger charge is -2.32. The lowest BCUT2D eigenvalue weighted by atomic mass is 9.99. The van der Waals surface area contributed by atoms with E-state index in [1.807, 2.05) is 0 Å². The maximum atomic E-state index is 6.00. The fraction of sp³-hybridized carbons (Fsp3) is 0.571. The minimum Gasteiger partial charge on any atom is -0.327 e. The first-order valence-electron chi connectivity index (χ1n) is 6.28. The molecule has 1 heterocycles. The van der Waals surface area contributed by atoms with Gasteiger partial charge in [-0.15, -0.1) is 0 Å². The Bertz CT molecular complexity index is 310. The monoisotopic (exact) mass is 218 g/mol. The molecule has 1 aromatic rings. The summed E-state index contributed by atoms with van der Waals surface area (Å²) in [4.78, 5) is 2.51. The van der Waals surface area contributed by atoms with E-state index in [1.54, 1.807) is 0 Å². The quantitative estimate of drug-likeness (QED) is 0.843. The molecule has 0 aromatic heterocycles. The van der Waals surface area contributed by atoms with Crippen LogP contribution in [0.3, 0.4) is 0 Å². The predicted molar refractivity (Wildman–Crippen MR) is 68.5 cm³/mol. The van der Waals surface area contributed by atoms with Crippen molar-refractivity contribution in [3.05, 3.63) is 35.9 Å². The van der Waals surface area contributed by atoms with Crippen LogP contribution >= 0.6 is 0 Å². The number of nitrogens with zero attached hydrogens (tertiary/aromatic N) is 1. The van der Waals surface area contributed by atoms with Gasteiger partial charge < -0.3 is 10.6 Å². The molecule has 1 aliphatic heterocycles. The molecule has 2 N–H and O–H groups in total. The van der Waals surface area contributed by atoms with Crippen molar-refractivity contribution in [2.24, 2.45) is 5.73 Å². The Hall–Kier alpha value is -0.860. The van der Waals surface area contributed by atoms with Crippen LogP contribution in [0.15, 0.2) is 30.3 Å². The minimum atomic E-state index is 0.386. The van der Waals surface area contributed by atoms with Crippen LogP contribution in [-0.2, 0) is 0 Å². The van der Waals surface area contributed by atoms with E-state index < -0.39 is 0 Å². The van der Waals surface area contributed by atoms with Gasteiger partial charge in [0.1, 0.15) is 0 Å². The maximum absolute atomic E-state index is 6.00. The highest BCUT2D eigenvalue weighted by Gasteiger charge is 2.18. The number of rotatable bonds is 3. The van der Waals surface area contributed by atoms with Crippen LogP contribution in [0.2, 0.25) is 0 Å². The van der Waals surface area contributed by atoms with Crippen molar-refractivity contribution in [2.75, 3.05) is 19.6 Å². The highest BCUT2D eigenvalue weighted by Crippen LogP contribution is 2.18. The van der Waals surface area contributed by atoms with E-state index >= 15 is 0 Å². The zero-order chi connectivity index (χ0) is 11.4. The topological polar surface area (TPSA) is 29.3 Å². The largest absolute Gasteiger partial charge is 0.327 e. The van der Waals surface area contributed by atoms with Crippen LogP contribution in [0.4, 0.5) is 0 Å². The molecular formula is C14H22N2. The SMILES string of the molecule is CC(CN1CCC[C@@H](N)C1)c1ccccc1. The van der Waals surface area contributed by atoms with E-state index in [1.165, 1.54) is 24.9 Å². The average Bonchev–Trinajstić information content (AvgIpc) is 2.30. The molecule has 1 unspecified atom stereocenters. The first-order chi connectivity index (χ1) is 7.75. The molecule has 0 amide bonds. The lowest BCUT2D eigenvalue weighted by molar-refractivity contribution is 0.200. The highest BCUT2D eigenvalue weighted by molar-refractivity contribution is 5.19. The van der Waals surface area contributed by atoms with Crippen LogP contribution in [0.5, 0.6) is 0 Å². The van der Waals surface area contributed by atoms with Gasteiger partial charge in [-0.3, -0.25) is 0 Å². The fourth-order valence-electron chi connectivity index (χ4n) is 2.53. The van der Waals surface area contributed by atoms with Crippen molar-refractivity contribution in [1.29, 1.82) is 0 Å². The van der Waals surface area contributed by atoms with E-state index in [2.05, 4.69) is 42.2 Å². The standard InChI is InChI=1S/C14H22N2/c1-12(13-6-3-2-4-7-13)10-16-9-5-8-14(15)11-16/h2-4,6-7,12,14H,5,8-11,15H2,1H3/t12?,14-/m1/s1. The van der Waals surface area contributed by atoms with E-state index in [0.717, 1.165) is 13.1 Å². The fourth-order valence-corrected chi connectivity index (χ4v) is 2.53. The molecule has 88 valence electrons. The third kappa shape index (κ3) is 3.06. The van der Waals surface area contributed by atoms with Crippen molar-refractivity contribution in [3.8, 4) is 0 Å². The van der Waals surface area contributed by atoms with Gasteiger partial charge in [0.05, 0.1) is 0 Å². The van der Waals surface area contributed by atoms with Gasteiger partial charge in [-0.25, -0.2) is 0 Å². The molecule has 0 saturated carbocycles. The minimum absolute atomic E-state index is 0.386. The maximum Gasteiger partial charge on any atom is 0.0168 e. The van der Waals surface area contributed by atoms with Gasteiger partial charge in [0.2, 0.25) is 0 Å². The summed E-state index contributed by atoms with van der Waals surface area (Å²) in [5.74, 6) is 0.603. The molecule has 0 spiro atoms. The summed E-state index contributed by atoms with van der Waals surface area (Å²) in [6, 6.07) is 11.1. The Labute approximate surface area is 98.4 Å². The second-order valence-electron chi connectivity index (χ2n) is 4.97. The summed E-state index contributed by atoms with van der Waals surface area (Å²) < 4.78 is 0. The molecule has 2 nitrogen and oxygen atoms in total. The molecule has 16 heavy (non-hydrogen) atoms. The van der Waals surface area contributed by atoms with Crippen molar-refractivity contribution in [1.82, 2.24) is 4.90 Å². The van der Waals surface area contributed by atoms with Crippen LogP contribution in [0.1, 0.15) is 31.2 Å². The van der Waals surface area contributed by atoms with Gasteiger partial charge >= 0.3 is 0 Å². The van der Waals surface area contributed by atoms with Gasteiger partial charge in [-0.1, -0.05) is 37.3 Å². The Kier molecular flexibility index (Phi) is 3.97. The first-order valence-corrected chi connectivity index (χ1v) is 6.28. The van der Waals surface area contributed by atoms with Crippen molar-refractivity contribution < 1.29 is 0 Å². The van der Waals surface area contributed by atoms with Gasteiger partial charge in [-0.05, 0) is 30.9 Å². The molecule has 2 rings (SSSR count). The second-order valence-corrected chi connectivity index (χ2v) is 4.97. The molecular weight excluding hydrogens is 196 g/mol. The van der Waals surface area contributed by atoms with E-state index in [0.29, 0.717) is 12.0 Å². The first kappa shape index (κ1) is 11.6. The van der Waals surface area contributed by atoms with E-state index in [9.17, 15) is 0 Å². The normalized spacial score (nSPS) is 24.2. The average molecular weight is 218 g/mol. The van der Waals surface area contributed by atoms with Crippen LogP contribution in [0, 0.1) is 0 Å². The predicted octanol–water partition coefficient (Wildman–Crippen LogP) is 2.21. The van der Waals surface area contributed by atoms with E-state index in [4.69, 9.17) is 5.73 Å². The molecule has 0 bridgehead atoms. The third-order valence-electron chi connectivity index (χ3n) is 3.44. The van der Waals surface area contributed by atoms with Crippen molar-refractivity contribution in [3.63, 3.8) is 0 Å². The molecule has 1 aromatic carbocycles. The molecule has 1 aliphatic rings. The molecule has 1 saturated heterocycles. The number of hydrogen-bond donors (Lipinski definition) is 1. The van der Waals surface area contributed by atoms with Crippen LogP contribution < -0.4 is 5.73 Å². The van der Waals surface area contributed by atoms with Gasteiger partial charge in [0.15, 0.2) is 0 Å². The highest BCUT2D eigenvalue weighted by atomic mass is 15.1. The molecule has 0 aliphatic carbocycles. The molecule has 2 atom stereocenters. The van der Waals surface area contributed by atoms with Crippen molar-refractivity contribution in [2.45, 2.75) is 31.7 Å². The molecule has 2 heteroatoms. The lowest BCUT2D eigenvalue weighted by Crippen LogP contribution is -2.44. The third-order valence-corrected chi connectivity index (χ3v) is 3.44. The second kappa shape index (κ2) is 5.46. The summed E-state index contributed by atoms with van der Waals surface area (Å²) in [5.41, 5.74) is 7.43. The number of likely N-dealkylation sites (tertiary alicyclic amines) is 1. The number of hydrogen-bond acceptors (Lipinski definition) is 2. The van der Waals surface area contributed by atoms with E-state index in [-0.39, 0.29) is 0 Å². The van der Waals surface area contributed by atoms with Gasteiger partial charge in [0.25, 0.3) is 0 Å². The van der Waals surface area contributed by atoms with Crippen molar-refractivity contribution >= 4 is 0 Å². The Morgan fingerprint density at radius 1 is 1.38 bits per heavy atom. The number of piperidine rings is 1. The summed E-state index contributed by atoms with van der Waals surface area (Å²) in [6.45, 7) is 5.72. The summed E-state index contributed by atoms with van der Waals surface area (Å²) >= 11 is 0. The zero-order valence-electron chi connectivity index (χ0n) is 10.1. The zero-order valence-corrected chi connectivity index (χ0v) is 10.1. The summed E-state index contributed by atoms with van der Waals surface area (Å²) in [5, 5.41) is 0. The van der Waals surface area contributed by atoms with Gasteiger partial charge in [0, 0.05) is 19.1 Å². The molecule has 0 radical (unpaired) electrons.